The lowest BCUT2D eigenvalue weighted by Crippen LogP contribution is -2.33. The van der Waals surface area contributed by atoms with Crippen molar-refractivity contribution in [3.05, 3.63) is 65.2 Å². The third-order valence-electron chi connectivity index (χ3n) is 3.70. The van der Waals surface area contributed by atoms with Gasteiger partial charge in [-0.3, -0.25) is 9.59 Å². The summed E-state index contributed by atoms with van der Waals surface area (Å²) in [7, 11) is -3.47. The number of hydrogen-bond acceptors (Lipinski definition) is 6. The largest absolute Gasteiger partial charge is 0.440 e. The molecule has 7 nitrogen and oxygen atoms in total. The van der Waals surface area contributed by atoms with Gasteiger partial charge in [-0.2, -0.15) is 0 Å². The molecule has 0 bridgehead atoms. The zero-order valence-electron chi connectivity index (χ0n) is 13.1. The van der Waals surface area contributed by atoms with Crippen LogP contribution in [0.2, 0.25) is 0 Å². The SMILES string of the molecule is CS(=O)(=O)c1cccc(C(=O)OCN2C(=O)c3ccccc3C2=O)c1. The Balaban J connectivity index is 1.74. The van der Waals surface area contributed by atoms with Crippen molar-refractivity contribution in [1.29, 1.82) is 0 Å². The van der Waals surface area contributed by atoms with Crippen molar-refractivity contribution in [3.63, 3.8) is 0 Å². The summed E-state index contributed by atoms with van der Waals surface area (Å²) >= 11 is 0. The van der Waals surface area contributed by atoms with E-state index in [1.807, 2.05) is 0 Å². The Morgan fingerprint density at radius 2 is 1.60 bits per heavy atom. The normalized spacial score (nSPS) is 13.7. The first-order valence-electron chi connectivity index (χ1n) is 7.21. The highest BCUT2D eigenvalue weighted by Crippen LogP contribution is 2.22. The number of rotatable bonds is 4. The third-order valence-corrected chi connectivity index (χ3v) is 4.81. The summed E-state index contributed by atoms with van der Waals surface area (Å²) in [6, 6.07) is 11.6. The van der Waals surface area contributed by atoms with Crippen molar-refractivity contribution >= 4 is 27.6 Å². The smallest absolute Gasteiger partial charge is 0.339 e. The lowest BCUT2D eigenvalue weighted by atomic mass is 10.1. The highest BCUT2D eigenvalue weighted by molar-refractivity contribution is 7.90. The van der Waals surface area contributed by atoms with E-state index in [4.69, 9.17) is 4.74 Å². The fraction of sp³-hybridized carbons (Fsp3) is 0.118. The van der Waals surface area contributed by atoms with Gasteiger partial charge >= 0.3 is 5.97 Å². The van der Waals surface area contributed by atoms with E-state index in [2.05, 4.69) is 0 Å². The molecular weight excluding hydrogens is 346 g/mol. The molecule has 2 amide bonds. The molecule has 0 saturated carbocycles. The molecule has 0 aliphatic carbocycles. The van der Waals surface area contributed by atoms with E-state index in [1.54, 1.807) is 12.1 Å². The van der Waals surface area contributed by atoms with Crippen molar-refractivity contribution in [2.45, 2.75) is 4.90 Å². The van der Waals surface area contributed by atoms with Crippen LogP contribution in [0, 0.1) is 0 Å². The summed E-state index contributed by atoms with van der Waals surface area (Å²) in [6.07, 6.45) is 1.02. The standard InChI is InChI=1S/C17H13NO6S/c1-25(22,23)12-6-4-5-11(9-12)17(21)24-10-18-15(19)13-7-2-3-8-14(13)16(18)20/h2-9H,10H2,1H3. The fourth-order valence-electron chi connectivity index (χ4n) is 2.42. The molecule has 1 heterocycles. The molecule has 0 unspecified atom stereocenters. The lowest BCUT2D eigenvalue weighted by molar-refractivity contribution is 0.0228. The van der Waals surface area contributed by atoms with E-state index in [-0.39, 0.29) is 21.6 Å². The molecule has 1 aliphatic heterocycles. The molecule has 0 radical (unpaired) electrons. The molecule has 0 fully saturated rings. The summed E-state index contributed by atoms with van der Waals surface area (Å²) in [5.41, 5.74) is 0.518. The van der Waals surface area contributed by atoms with E-state index in [9.17, 15) is 22.8 Å². The van der Waals surface area contributed by atoms with Crippen LogP contribution >= 0.6 is 0 Å². The summed E-state index contributed by atoms with van der Waals surface area (Å²) in [5.74, 6) is -1.92. The zero-order valence-corrected chi connectivity index (χ0v) is 13.9. The molecule has 1 aliphatic rings. The molecule has 0 atom stereocenters. The first-order chi connectivity index (χ1) is 11.8. The number of imide groups is 1. The Bertz CT molecular complexity index is 961. The van der Waals surface area contributed by atoms with Crippen LogP contribution in [-0.4, -0.2) is 44.1 Å². The van der Waals surface area contributed by atoms with Crippen LogP contribution in [0.3, 0.4) is 0 Å². The second-order valence-corrected chi connectivity index (χ2v) is 7.46. The molecule has 0 saturated heterocycles. The molecule has 3 rings (SSSR count). The van der Waals surface area contributed by atoms with Crippen LogP contribution in [0.1, 0.15) is 31.1 Å². The number of amides is 2. The van der Waals surface area contributed by atoms with E-state index < -0.39 is 34.4 Å². The van der Waals surface area contributed by atoms with Gasteiger partial charge in [-0.25, -0.2) is 18.1 Å². The monoisotopic (exact) mass is 359 g/mol. The van der Waals surface area contributed by atoms with Gasteiger partial charge < -0.3 is 4.74 Å². The molecule has 2 aromatic rings. The first kappa shape index (κ1) is 16.8. The molecule has 0 N–H and O–H groups in total. The molecule has 25 heavy (non-hydrogen) atoms. The maximum atomic E-state index is 12.2. The van der Waals surface area contributed by atoms with Gasteiger partial charge in [-0.15, -0.1) is 0 Å². The van der Waals surface area contributed by atoms with E-state index in [0.717, 1.165) is 11.2 Å². The number of carbonyl (C=O) groups excluding carboxylic acids is 3. The molecule has 8 heteroatoms. The van der Waals surface area contributed by atoms with Crippen LogP contribution in [0.4, 0.5) is 0 Å². The highest BCUT2D eigenvalue weighted by Gasteiger charge is 2.35. The van der Waals surface area contributed by atoms with Crippen molar-refractivity contribution in [1.82, 2.24) is 4.90 Å². The maximum Gasteiger partial charge on any atom is 0.339 e. The van der Waals surface area contributed by atoms with Gasteiger partial charge in [0.25, 0.3) is 11.8 Å². The minimum Gasteiger partial charge on any atom is -0.440 e. The molecule has 2 aromatic carbocycles. The van der Waals surface area contributed by atoms with E-state index >= 15 is 0 Å². The number of hydrogen-bond donors (Lipinski definition) is 0. The predicted molar refractivity (Wildman–Crippen MR) is 86.8 cm³/mol. The average Bonchev–Trinajstić information content (AvgIpc) is 2.83. The van der Waals surface area contributed by atoms with Gasteiger partial charge in [0.05, 0.1) is 21.6 Å². The number of nitrogens with zero attached hydrogens (tertiary/aromatic N) is 1. The fourth-order valence-corrected chi connectivity index (χ4v) is 3.08. The van der Waals surface area contributed by atoms with Gasteiger partial charge in [0.2, 0.25) is 0 Å². The highest BCUT2D eigenvalue weighted by atomic mass is 32.2. The van der Waals surface area contributed by atoms with Crippen LogP contribution < -0.4 is 0 Å². The quantitative estimate of drug-likeness (QED) is 0.606. The van der Waals surface area contributed by atoms with Gasteiger partial charge in [0.1, 0.15) is 0 Å². The average molecular weight is 359 g/mol. The minimum absolute atomic E-state index is 0.0135. The van der Waals surface area contributed by atoms with Gasteiger partial charge in [0.15, 0.2) is 16.6 Å². The first-order valence-corrected chi connectivity index (χ1v) is 9.10. The second-order valence-electron chi connectivity index (χ2n) is 5.44. The summed E-state index contributed by atoms with van der Waals surface area (Å²) in [4.78, 5) is 37.3. The lowest BCUT2D eigenvalue weighted by Gasteiger charge is -2.14. The Hall–Kier alpha value is -3.00. The molecule has 128 valence electrons. The number of benzene rings is 2. The molecular formula is C17H13NO6S. The number of esters is 1. The van der Waals surface area contributed by atoms with E-state index in [1.165, 1.54) is 36.4 Å². The Morgan fingerprint density at radius 1 is 1.00 bits per heavy atom. The Morgan fingerprint density at radius 3 is 2.16 bits per heavy atom. The van der Waals surface area contributed by atoms with E-state index in [0.29, 0.717) is 0 Å². The van der Waals surface area contributed by atoms with Crippen molar-refractivity contribution in [2.24, 2.45) is 0 Å². The second kappa shape index (κ2) is 6.14. The van der Waals surface area contributed by atoms with Crippen molar-refractivity contribution < 1.29 is 27.5 Å². The molecule has 0 spiro atoms. The maximum absolute atomic E-state index is 12.2. The summed E-state index contributed by atoms with van der Waals surface area (Å²) in [6.45, 7) is -0.547. The zero-order chi connectivity index (χ0) is 18.2. The number of carbonyl (C=O) groups is 3. The minimum atomic E-state index is -3.47. The number of sulfone groups is 1. The number of ether oxygens (including phenoxy) is 1. The van der Waals surface area contributed by atoms with Gasteiger partial charge in [-0.05, 0) is 30.3 Å². The third kappa shape index (κ3) is 3.16. The Labute approximate surface area is 143 Å². The van der Waals surface area contributed by atoms with Crippen molar-refractivity contribution in [3.8, 4) is 0 Å². The van der Waals surface area contributed by atoms with Crippen LogP contribution in [-0.2, 0) is 14.6 Å². The van der Waals surface area contributed by atoms with Gasteiger partial charge in [-0.1, -0.05) is 18.2 Å². The van der Waals surface area contributed by atoms with Crippen LogP contribution in [0.5, 0.6) is 0 Å². The summed E-state index contributed by atoms with van der Waals surface area (Å²) < 4.78 is 28.1. The van der Waals surface area contributed by atoms with Crippen LogP contribution in [0.25, 0.3) is 0 Å². The molecule has 0 aromatic heterocycles. The van der Waals surface area contributed by atoms with Gasteiger partial charge in [0, 0.05) is 6.26 Å². The topological polar surface area (TPSA) is 97.8 Å². The number of fused-ring (bicyclic) bond motifs is 1. The van der Waals surface area contributed by atoms with Crippen molar-refractivity contribution in [2.75, 3.05) is 13.0 Å². The predicted octanol–water partition coefficient (Wildman–Crippen LogP) is 1.50. The van der Waals surface area contributed by atoms with Crippen LogP contribution in [0.15, 0.2) is 53.4 Å². The Kier molecular flexibility index (Phi) is 4.13. The summed E-state index contributed by atoms with van der Waals surface area (Å²) in [5, 5.41) is 0.